The van der Waals surface area contributed by atoms with E-state index in [1.807, 2.05) is 37.3 Å². The number of fused-ring (bicyclic) bond motifs is 1. The van der Waals surface area contributed by atoms with E-state index in [9.17, 15) is 4.79 Å². The second-order valence-electron chi connectivity index (χ2n) is 4.26. The number of halogens is 1. The molecular formula is C14H11BrO3S. The van der Waals surface area contributed by atoms with E-state index in [0.717, 1.165) is 9.35 Å². The number of carbonyl (C=O) groups excluding carboxylic acids is 1. The first-order chi connectivity index (χ1) is 9.15. The number of hydrogen-bond donors (Lipinski definition) is 0. The van der Waals surface area contributed by atoms with Crippen LogP contribution >= 0.6 is 27.3 Å². The molecule has 1 aliphatic heterocycles. The SMILES string of the molecule is Cc1cc(Br)c(C(=O)C2COc3ccccc3O2)s1. The van der Waals surface area contributed by atoms with Gasteiger partial charge in [-0.1, -0.05) is 12.1 Å². The lowest BCUT2D eigenvalue weighted by molar-refractivity contribution is 0.0589. The first-order valence-corrected chi connectivity index (χ1v) is 7.45. The molecule has 98 valence electrons. The van der Waals surface area contributed by atoms with Crippen molar-refractivity contribution in [3.63, 3.8) is 0 Å². The highest BCUT2D eigenvalue weighted by atomic mass is 79.9. The zero-order chi connectivity index (χ0) is 13.4. The fraction of sp³-hybridized carbons (Fsp3) is 0.214. The number of ketones is 1. The zero-order valence-corrected chi connectivity index (χ0v) is 12.6. The summed E-state index contributed by atoms with van der Waals surface area (Å²) in [6.45, 7) is 2.22. The monoisotopic (exact) mass is 338 g/mol. The quantitative estimate of drug-likeness (QED) is 0.780. The van der Waals surface area contributed by atoms with E-state index >= 15 is 0 Å². The number of hydrogen-bond acceptors (Lipinski definition) is 4. The smallest absolute Gasteiger partial charge is 0.217 e. The van der Waals surface area contributed by atoms with Crippen molar-refractivity contribution in [2.24, 2.45) is 0 Å². The van der Waals surface area contributed by atoms with E-state index in [2.05, 4.69) is 15.9 Å². The minimum atomic E-state index is -0.579. The Kier molecular flexibility index (Phi) is 3.33. The minimum absolute atomic E-state index is 0.0421. The number of ether oxygens (including phenoxy) is 2. The van der Waals surface area contributed by atoms with Gasteiger partial charge in [0.15, 0.2) is 17.6 Å². The molecule has 2 heterocycles. The van der Waals surface area contributed by atoms with Crippen molar-refractivity contribution >= 4 is 33.0 Å². The summed E-state index contributed by atoms with van der Waals surface area (Å²) < 4.78 is 12.1. The topological polar surface area (TPSA) is 35.5 Å². The molecular weight excluding hydrogens is 328 g/mol. The number of aryl methyl sites for hydroxylation is 1. The first kappa shape index (κ1) is 12.7. The normalized spacial score (nSPS) is 17.3. The fourth-order valence-electron chi connectivity index (χ4n) is 1.95. The maximum absolute atomic E-state index is 12.4. The van der Waals surface area contributed by atoms with E-state index in [-0.39, 0.29) is 12.4 Å². The van der Waals surface area contributed by atoms with Crippen LogP contribution in [0.25, 0.3) is 0 Å². The second-order valence-corrected chi connectivity index (χ2v) is 6.37. The zero-order valence-electron chi connectivity index (χ0n) is 10.2. The number of thiophene rings is 1. The summed E-state index contributed by atoms with van der Waals surface area (Å²) in [7, 11) is 0. The molecule has 19 heavy (non-hydrogen) atoms. The lowest BCUT2D eigenvalue weighted by Crippen LogP contribution is -2.36. The predicted molar refractivity (Wildman–Crippen MR) is 77.4 cm³/mol. The Morgan fingerprint density at radius 1 is 1.37 bits per heavy atom. The molecule has 3 rings (SSSR count). The van der Waals surface area contributed by atoms with E-state index in [4.69, 9.17) is 9.47 Å². The maximum Gasteiger partial charge on any atom is 0.217 e. The third-order valence-corrected chi connectivity index (χ3v) is 4.79. The average Bonchev–Trinajstić information content (AvgIpc) is 2.76. The van der Waals surface area contributed by atoms with Gasteiger partial charge in [-0.3, -0.25) is 4.79 Å². The van der Waals surface area contributed by atoms with Gasteiger partial charge in [-0.2, -0.15) is 0 Å². The number of rotatable bonds is 2. The van der Waals surface area contributed by atoms with Crippen LogP contribution in [-0.4, -0.2) is 18.5 Å². The van der Waals surface area contributed by atoms with E-state index in [1.165, 1.54) is 11.3 Å². The Bertz CT molecular complexity index is 635. The molecule has 5 heteroatoms. The van der Waals surface area contributed by atoms with Crippen molar-refractivity contribution in [1.29, 1.82) is 0 Å². The molecule has 1 atom stereocenters. The highest BCUT2D eigenvalue weighted by Crippen LogP contribution is 2.34. The molecule has 1 aromatic carbocycles. The Balaban J connectivity index is 1.85. The maximum atomic E-state index is 12.4. The lowest BCUT2D eigenvalue weighted by Gasteiger charge is -2.25. The molecule has 0 radical (unpaired) electrons. The van der Waals surface area contributed by atoms with Crippen molar-refractivity contribution in [2.75, 3.05) is 6.61 Å². The van der Waals surface area contributed by atoms with E-state index in [1.54, 1.807) is 0 Å². The van der Waals surface area contributed by atoms with Gasteiger partial charge < -0.3 is 9.47 Å². The van der Waals surface area contributed by atoms with Gasteiger partial charge in [-0.05, 0) is 41.1 Å². The molecule has 0 amide bonds. The molecule has 1 aliphatic rings. The third kappa shape index (κ3) is 2.40. The summed E-state index contributed by atoms with van der Waals surface area (Å²) >= 11 is 4.87. The predicted octanol–water partition coefficient (Wildman–Crippen LogP) is 3.84. The van der Waals surface area contributed by atoms with E-state index in [0.29, 0.717) is 16.4 Å². The molecule has 0 N–H and O–H groups in total. The van der Waals surface area contributed by atoms with Gasteiger partial charge in [0.25, 0.3) is 0 Å². The van der Waals surface area contributed by atoms with Crippen molar-refractivity contribution in [3.05, 3.63) is 44.6 Å². The van der Waals surface area contributed by atoms with Crippen LogP contribution in [0.3, 0.4) is 0 Å². The number of para-hydroxylation sites is 2. The summed E-state index contributed by atoms with van der Waals surface area (Å²) in [6.07, 6.45) is -0.579. The van der Waals surface area contributed by atoms with Gasteiger partial charge in [0.05, 0.1) is 4.88 Å². The summed E-state index contributed by atoms with van der Waals surface area (Å²) in [5.41, 5.74) is 0. The highest BCUT2D eigenvalue weighted by Gasteiger charge is 2.30. The van der Waals surface area contributed by atoms with Crippen LogP contribution < -0.4 is 9.47 Å². The summed E-state index contributed by atoms with van der Waals surface area (Å²) in [5.74, 6) is 1.27. The molecule has 0 saturated carbocycles. The number of Topliss-reactive ketones (excluding diaryl/α,β-unsaturated/α-hetero) is 1. The largest absolute Gasteiger partial charge is 0.485 e. The Labute approximate surface area is 123 Å². The lowest BCUT2D eigenvalue weighted by atomic mass is 10.2. The molecule has 2 aromatic rings. The highest BCUT2D eigenvalue weighted by molar-refractivity contribution is 9.10. The Morgan fingerprint density at radius 3 is 2.79 bits per heavy atom. The average molecular weight is 339 g/mol. The van der Waals surface area contributed by atoms with Crippen LogP contribution in [0.4, 0.5) is 0 Å². The van der Waals surface area contributed by atoms with Crippen molar-refractivity contribution < 1.29 is 14.3 Å². The second kappa shape index (κ2) is 4.98. The molecule has 0 saturated heterocycles. The van der Waals surface area contributed by atoms with Crippen molar-refractivity contribution in [2.45, 2.75) is 13.0 Å². The van der Waals surface area contributed by atoms with Crippen LogP contribution in [-0.2, 0) is 0 Å². The molecule has 0 aliphatic carbocycles. The first-order valence-electron chi connectivity index (χ1n) is 5.84. The summed E-state index contributed by atoms with van der Waals surface area (Å²) in [6, 6.07) is 9.32. The number of carbonyl (C=O) groups is 1. The third-order valence-electron chi connectivity index (χ3n) is 2.83. The van der Waals surface area contributed by atoms with E-state index < -0.39 is 6.10 Å². The molecule has 0 bridgehead atoms. The van der Waals surface area contributed by atoms with Crippen LogP contribution in [0.15, 0.2) is 34.8 Å². The van der Waals surface area contributed by atoms with Crippen LogP contribution in [0.5, 0.6) is 11.5 Å². The van der Waals surface area contributed by atoms with Crippen molar-refractivity contribution in [3.8, 4) is 11.5 Å². The molecule has 3 nitrogen and oxygen atoms in total. The van der Waals surface area contributed by atoms with Gasteiger partial charge in [-0.15, -0.1) is 11.3 Å². The Hall–Kier alpha value is -1.33. The molecule has 0 fully saturated rings. The van der Waals surface area contributed by atoms with Gasteiger partial charge in [-0.25, -0.2) is 0 Å². The summed E-state index contributed by atoms with van der Waals surface area (Å²) in [5, 5.41) is 0. The van der Waals surface area contributed by atoms with Crippen LogP contribution in [0.2, 0.25) is 0 Å². The molecule has 1 unspecified atom stereocenters. The van der Waals surface area contributed by atoms with Gasteiger partial charge in [0, 0.05) is 9.35 Å². The fourth-order valence-corrected chi connectivity index (χ4v) is 3.77. The van der Waals surface area contributed by atoms with Crippen LogP contribution in [0.1, 0.15) is 14.5 Å². The van der Waals surface area contributed by atoms with Crippen LogP contribution in [0, 0.1) is 6.92 Å². The van der Waals surface area contributed by atoms with Gasteiger partial charge in [0.2, 0.25) is 5.78 Å². The standard InChI is InChI=1S/C14H11BrO3S/c1-8-6-9(15)14(19-8)13(16)12-7-17-10-4-2-3-5-11(10)18-12/h2-6,12H,7H2,1H3. The summed E-state index contributed by atoms with van der Waals surface area (Å²) in [4.78, 5) is 14.2. The van der Waals surface area contributed by atoms with Gasteiger partial charge >= 0.3 is 0 Å². The Morgan fingerprint density at radius 2 is 2.11 bits per heavy atom. The molecule has 1 aromatic heterocycles. The number of benzene rings is 1. The van der Waals surface area contributed by atoms with Crippen molar-refractivity contribution in [1.82, 2.24) is 0 Å². The molecule has 0 spiro atoms. The van der Waals surface area contributed by atoms with Gasteiger partial charge in [0.1, 0.15) is 6.61 Å². The minimum Gasteiger partial charge on any atom is -0.485 e.